The molecule has 0 aromatic rings. The SMILES string of the molecule is CN(C)CC[O][Al]([O]CCN(C)C)[O]CCN(C)C.[H-].[HH].[Na+]. The van der Waals surface area contributed by atoms with Crippen LogP contribution in [-0.2, 0) is 11.4 Å². The molecule has 0 aromatic heterocycles. The van der Waals surface area contributed by atoms with E-state index in [2.05, 4.69) is 14.7 Å². The maximum Gasteiger partial charge on any atom is 1.00 e. The average molecular weight is 317 g/mol. The number of likely N-dealkylation sites (N-methyl/N-ethyl adjacent to an activating group) is 3. The molecule has 0 heterocycles. The summed E-state index contributed by atoms with van der Waals surface area (Å²) >= 11 is -1.99. The summed E-state index contributed by atoms with van der Waals surface area (Å²) in [6, 6.07) is 0. The second-order valence-electron chi connectivity index (χ2n) is 5.31. The van der Waals surface area contributed by atoms with Crippen LogP contribution < -0.4 is 29.6 Å². The molecule has 118 valence electrons. The number of hydrogen-bond donors (Lipinski definition) is 0. The van der Waals surface area contributed by atoms with Gasteiger partial charge in [0.1, 0.15) is 0 Å². The molecule has 0 amide bonds. The minimum absolute atomic E-state index is 0. The van der Waals surface area contributed by atoms with Gasteiger partial charge in [0, 0.05) is 40.9 Å². The summed E-state index contributed by atoms with van der Waals surface area (Å²) in [7, 11) is 12.2. The molecule has 6 nitrogen and oxygen atoms in total. The first kappa shape index (κ1) is 23.6. The molecule has 0 aliphatic carbocycles. The fraction of sp³-hybridized carbons (Fsp3) is 1.00. The van der Waals surface area contributed by atoms with E-state index in [0.29, 0.717) is 19.8 Å². The number of rotatable bonds is 12. The van der Waals surface area contributed by atoms with E-state index in [4.69, 9.17) is 11.4 Å². The Bertz CT molecular complexity index is 189. The first-order valence-corrected chi connectivity index (χ1v) is 8.12. The van der Waals surface area contributed by atoms with E-state index in [1.807, 2.05) is 42.3 Å². The van der Waals surface area contributed by atoms with Crippen molar-refractivity contribution in [3.63, 3.8) is 0 Å². The molecule has 0 fully saturated rings. The normalized spacial score (nSPS) is 11.2. The van der Waals surface area contributed by atoms with Crippen molar-refractivity contribution in [1.82, 2.24) is 14.7 Å². The third-order valence-electron chi connectivity index (χ3n) is 2.38. The fourth-order valence-electron chi connectivity index (χ4n) is 1.14. The molecule has 0 aliphatic rings. The molecule has 20 heavy (non-hydrogen) atoms. The molecule has 0 radical (unpaired) electrons. The molecule has 0 aliphatic heterocycles. The van der Waals surface area contributed by atoms with E-state index in [1.165, 1.54) is 0 Å². The van der Waals surface area contributed by atoms with Crippen molar-refractivity contribution in [2.45, 2.75) is 0 Å². The monoisotopic (exact) mass is 317 g/mol. The first-order chi connectivity index (χ1) is 8.91. The molecule has 0 bridgehead atoms. The number of nitrogens with zero attached hydrogens (tertiary/aromatic N) is 3. The summed E-state index contributed by atoms with van der Waals surface area (Å²) in [5.41, 5.74) is 0. The summed E-state index contributed by atoms with van der Waals surface area (Å²) in [5, 5.41) is 0. The van der Waals surface area contributed by atoms with Gasteiger partial charge in [-0.1, -0.05) is 0 Å². The topological polar surface area (TPSA) is 37.4 Å². The zero-order valence-electron chi connectivity index (χ0n) is 15.4. The minimum atomic E-state index is -1.99. The van der Waals surface area contributed by atoms with Gasteiger partial charge in [-0.2, -0.15) is 0 Å². The quantitative estimate of drug-likeness (QED) is 0.359. The van der Waals surface area contributed by atoms with Crippen molar-refractivity contribution in [2.75, 3.05) is 81.7 Å². The van der Waals surface area contributed by atoms with Crippen LogP contribution in [0, 0.1) is 0 Å². The maximum absolute atomic E-state index is 5.73. The van der Waals surface area contributed by atoms with E-state index >= 15 is 0 Å². The molecule has 0 saturated carbocycles. The number of hydrogen-bond acceptors (Lipinski definition) is 6. The Morgan fingerprint density at radius 2 is 0.950 bits per heavy atom. The van der Waals surface area contributed by atoms with Gasteiger partial charge in [0.2, 0.25) is 0 Å². The predicted molar refractivity (Wildman–Crippen MR) is 82.5 cm³/mol. The van der Waals surface area contributed by atoms with E-state index in [-0.39, 0.29) is 32.4 Å². The van der Waals surface area contributed by atoms with Crippen LogP contribution >= 0.6 is 0 Å². The standard InChI is InChI=1S/3C4H10NO.Al.Na.H2.H/c3*1-5(2)3-4-6;;;;/h3*3-4H2,1-2H3;;;1H;/q3*-1;+3;+1;;-1. The van der Waals surface area contributed by atoms with Crippen LogP contribution in [0.3, 0.4) is 0 Å². The van der Waals surface area contributed by atoms with Crippen molar-refractivity contribution in [2.24, 2.45) is 0 Å². The summed E-state index contributed by atoms with van der Waals surface area (Å²) in [4.78, 5) is 6.27. The second-order valence-corrected chi connectivity index (χ2v) is 6.89. The summed E-state index contributed by atoms with van der Waals surface area (Å²) < 4.78 is 17.2. The van der Waals surface area contributed by atoms with E-state index < -0.39 is 15.1 Å². The van der Waals surface area contributed by atoms with Gasteiger partial charge in [-0.05, 0) is 42.3 Å². The fourth-order valence-corrected chi connectivity index (χ4v) is 2.32. The van der Waals surface area contributed by atoms with Gasteiger partial charge in [0.25, 0.3) is 0 Å². The Balaban J connectivity index is -0.000000540. The van der Waals surface area contributed by atoms with Gasteiger partial charge in [-0.15, -0.1) is 0 Å². The Hall–Kier alpha value is 1.29. The van der Waals surface area contributed by atoms with Crippen LogP contribution in [0.1, 0.15) is 2.85 Å². The zero-order valence-corrected chi connectivity index (χ0v) is 17.5. The van der Waals surface area contributed by atoms with Crippen molar-refractivity contribution < 1.29 is 43.8 Å². The Labute approximate surface area is 155 Å². The molecular formula is C12H33AlN3NaO3. The molecule has 0 aromatic carbocycles. The van der Waals surface area contributed by atoms with Gasteiger partial charge < -0.3 is 27.5 Å². The van der Waals surface area contributed by atoms with Crippen molar-refractivity contribution in [3.8, 4) is 0 Å². The van der Waals surface area contributed by atoms with Crippen molar-refractivity contribution in [3.05, 3.63) is 0 Å². The summed E-state index contributed by atoms with van der Waals surface area (Å²) in [6.07, 6.45) is 0. The van der Waals surface area contributed by atoms with Gasteiger partial charge in [0.05, 0.1) is 0 Å². The van der Waals surface area contributed by atoms with Gasteiger partial charge in [-0.3, -0.25) is 0 Å². The van der Waals surface area contributed by atoms with Crippen LogP contribution in [-0.4, -0.2) is 112 Å². The van der Waals surface area contributed by atoms with Crippen LogP contribution in [0.25, 0.3) is 0 Å². The smallest absolute Gasteiger partial charge is 1.00 e. The third-order valence-corrected chi connectivity index (χ3v) is 3.90. The second kappa shape index (κ2) is 15.2. The molecule has 0 N–H and O–H groups in total. The Morgan fingerprint density at radius 1 is 0.700 bits per heavy atom. The van der Waals surface area contributed by atoms with Crippen molar-refractivity contribution >= 4 is 15.1 Å². The molecule has 8 heteroatoms. The largest absolute Gasteiger partial charge is 1.00 e. The molecule has 0 unspecified atom stereocenters. The van der Waals surface area contributed by atoms with Gasteiger partial charge >= 0.3 is 44.7 Å². The summed E-state index contributed by atoms with van der Waals surface area (Å²) in [5.74, 6) is 0. The minimum Gasteiger partial charge on any atom is -1.00 e. The Morgan fingerprint density at radius 3 is 1.15 bits per heavy atom. The van der Waals surface area contributed by atoms with E-state index in [0.717, 1.165) is 19.6 Å². The predicted octanol–water partition coefficient (Wildman–Crippen LogP) is -2.93. The van der Waals surface area contributed by atoms with Crippen LogP contribution in [0.15, 0.2) is 0 Å². The molecule has 0 spiro atoms. The molecule has 0 atom stereocenters. The van der Waals surface area contributed by atoms with E-state index in [9.17, 15) is 0 Å². The van der Waals surface area contributed by atoms with Crippen LogP contribution in [0.5, 0.6) is 0 Å². The van der Waals surface area contributed by atoms with Crippen LogP contribution in [0.4, 0.5) is 0 Å². The third kappa shape index (κ3) is 17.3. The van der Waals surface area contributed by atoms with Gasteiger partial charge in [0.15, 0.2) is 0 Å². The van der Waals surface area contributed by atoms with Gasteiger partial charge in [-0.25, -0.2) is 0 Å². The Kier molecular flexibility index (Phi) is 17.9. The molecule has 0 rings (SSSR count). The average Bonchev–Trinajstić information content (AvgIpc) is 2.26. The maximum atomic E-state index is 5.73. The first-order valence-electron chi connectivity index (χ1n) is 6.71. The summed E-state index contributed by atoms with van der Waals surface area (Å²) in [6.45, 7) is 4.64. The zero-order chi connectivity index (χ0) is 14.7. The molecule has 0 saturated heterocycles. The molecular weight excluding hydrogens is 284 g/mol. The van der Waals surface area contributed by atoms with Crippen LogP contribution in [0.2, 0.25) is 0 Å². The van der Waals surface area contributed by atoms with Crippen molar-refractivity contribution in [1.29, 1.82) is 0 Å². The van der Waals surface area contributed by atoms with E-state index in [1.54, 1.807) is 0 Å².